The van der Waals surface area contributed by atoms with Crippen molar-refractivity contribution in [3.8, 4) is 34.0 Å². The molecule has 0 aliphatic rings. The molecule has 0 aliphatic carbocycles. The number of ether oxygens (including phenoxy) is 2. The van der Waals surface area contributed by atoms with Crippen LogP contribution in [0.25, 0.3) is 28.2 Å². The number of pyridine rings is 1. The highest BCUT2D eigenvalue weighted by molar-refractivity contribution is 5.83. The first-order valence-corrected chi connectivity index (χ1v) is 8.11. The van der Waals surface area contributed by atoms with E-state index in [4.69, 9.17) is 14.5 Å². The first-order chi connectivity index (χ1) is 12.6. The summed E-state index contributed by atoms with van der Waals surface area (Å²) in [7, 11) is 3.18. The summed E-state index contributed by atoms with van der Waals surface area (Å²) in [5, 5.41) is 5.53. The van der Waals surface area contributed by atoms with Crippen LogP contribution in [0.1, 0.15) is 5.69 Å². The number of benzene rings is 1. The summed E-state index contributed by atoms with van der Waals surface area (Å²) in [5.74, 6) is 1.24. The van der Waals surface area contributed by atoms with Gasteiger partial charge in [-0.15, -0.1) is 0 Å². The van der Waals surface area contributed by atoms with Crippen molar-refractivity contribution < 1.29 is 9.47 Å². The average molecular weight is 350 g/mol. The molecule has 0 atom stereocenters. The summed E-state index contributed by atoms with van der Waals surface area (Å²) in [4.78, 5) is 17.2. The van der Waals surface area contributed by atoms with Gasteiger partial charge in [0.05, 0.1) is 31.2 Å². The van der Waals surface area contributed by atoms with Gasteiger partial charge in [-0.1, -0.05) is 6.07 Å². The fraction of sp³-hybridized carbons (Fsp3) is 0.158. The van der Waals surface area contributed by atoms with E-state index >= 15 is 0 Å². The Morgan fingerprint density at radius 3 is 2.54 bits per heavy atom. The summed E-state index contributed by atoms with van der Waals surface area (Å²) >= 11 is 0. The number of H-pyrrole nitrogens is 2. The van der Waals surface area contributed by atoms with E-state index in [2.05, 4.69) is 10.2 Å². The molecule has 0 fully saturated rings. The summed E-state index contributed by atoms with van der Waals surface area (Å²) in [6, 6.07) is 11.3. The molecule has 0 unspecified atom stereocenters. The third-order valence-electron chi connectivity index (χ3n) is 4.39. The Labute approximate surface area is 149 Å². The minimum Gasteiger partial charge on any atom is -0.493 e. The average Bonchev–Trinajstić information content (AvgIpc) is 3.20. The van der Waals surface area contributed by atoms with Crippen LogP contribution in [0, 0.1) is 6.92 Å². The van der Waals surface area contributed by atoms with Crippen LogP contribution in [0.3, 0.4) is 0 Å². The van der Waals surface area contributed by atoms with E-state index in [9.17, 15) is 4.79 Å². The molecule has 1 aromatic carbocycles. The Morgan fingerprint density at radius 2 is 1.85 bits per heavy atom. The molecule has 0 saturated carbocycles. The van der Waals surface area contributed by atoms with Gasteiger partial charge in [0.2, 0.25) is 0 Å². The third-order valence-corrected chi connectivity index (χ3v) is 4.39. The summed E-state index contributed by atoms with van der Waals surface area (Å²) in [6.45, 7) is 1.86. The molecule has 3 aromatic heterocycles. The Bertz CT molecular complexity index is 1150. The number of hydrogen-bond donors (Lipinski definition) is 2. The molecule has 0 amide bonds. The Balaban J connectivity index is 2.05. The predicted molar refractivity (Wildman–Crippen MR) is 98.9 cm³/mol. The Hall–Kier alpha value is -3.48. The molecule has 0 saturated heterocycles. The van der Waals surface area contributed by atoms with Crippen molar-refractivity contribution in [2.45, 2.75) is 6.92 Å². The van der Waals surface area contributed by atoms with Gasteiger partial charge in [-0.05, 0) is 37.3 Å². The van der Waals surface area contributed by atoms with Gasteiger partial charge in [0.25, 0.3) is 5.56 Å². The summed E-state index contributed by atoms with van der Waals surface area (Å²) in [6.07, 6.45) is 1.90. The highest BCUT2D eigenvalue weighted by Gasteiger charge is 2.21. The second-order valence-electron chi connectivity index (χ2n) is 5.89. The molecule has 4 aromatic rings. The van der Waals surface area contributed by atoms with Gasteiger partial charge >= 0.3 is 0 Å². The molecule has 7 heteroatoms. The minimum absolute atomic E-state index is 0.185. The van der Waals surface area contributed by atoms with Crippen molar-refractivity contribution in [2.24, 2.45) is 0 Å². The number of fused-ring (bicyclic) bond motifs is 1. The van der Waals surface area contributed by atoms with Crippen LogP contribution in [0.4, 0.5) is 0 Å². The zero-order valence-electron chi connectivity index (χ0n) is 14.7. The smallest absolute Gasteiger partial charge is 0.273 e. The lowest BCUT2D eigenvalue weighted by molar-refractivity contribution is 0.355. The zero-order valence-corrected chi connectivity index (χ0v) is 14.7. The van der Waals surface area contributed by atoms with E-state index in [1.807, 2.05) is 53.9 Å². The molecule has 132 valence electrons. The molecule has 0 radical (unpaired) electrons. The molecule has 0 bridgehead atoms. The molecule has 26 heavy (non-hydrogen) atoms. The summed E-state index contributed by atoms with van der Waals surface area (Å²) < 4.78 is 12.6. The number of hydrogen-bond acceptors (Lipinski definition) is 4. The van der Waals surface area contributed by atoms with Gasteiger partial charge in [0.1, 0.15) is 5.65 Å². The highest BCUT2D eigenvalue weighted by Crippen LogP contribution is 2.36. The van der Waals surface area contributed by atoms with Gasteiger partial charge < -0.3 is 14.6 Å². The number of aryl methyl sites for hydroxylation is 1. The van der Waals surface area contributed by atoms with E-state index in [0.29, 0.717) is 22.8 Å². The molecular weight excluding hydrogens is 332 g/mol. The van der Waals surface area contributed by atoms with Gasteiger partial charge in [0.15, 0.2) is 11.5 Å². The van der Waals surface area contributed by atoms with E-state index < -0.39 is 0 Å². The topological polar surface area (TPSA) is 84.4 Å². The summed E-state index contributed by atoms with van der Waals surface area (Å²) in [5.41, 5.74) is 4.15. The maximum atomic E-state index is 12.4. The molecule has 7 nitrogen and oxygen atoms in total. The Kier molecular flexibility index (Phi) is 3.76. The highest BCUT2D eigenvalue weighted by atomic mass is 16.5. The van der Waals surface area contributed by atoms with Gasteiger partial charge in [-0.2, -0.15) is 0 Å². The van der Waals surface area contributed by atoms with Crippen molar-refractivity contribution in [3.63, 3.8) is 0 Å². The van der Waals surface area contributed by atoms with E-state index in [-0.39, 0.29) is 5.56 Å². The van der Waals surface area contributed by atoms with Crippen LogP contribution in [-0.4, -0.2) is 33.8 Å². The number of aromatic amines is 2. The maximum absolute atomic E-state index is 12.4. The van der Waals surface area contributed by atoms with Gasteiger partial charge in [-0.3, -0.25) is 14.3 Å². The standard InChI is InChI=1S/C19H18N4O3/c1-11-16(19(24)22-21-11)18-17(20-15-6-4-5-9-23(15)18)12-7-8-13(25-2)14(10-12)26-3/h4-10H,1-3H3,(H2,21,22,24). The first kappa shape index (κ1) is 16.0. The molecule has 4 rings (SSSR count). The SMILES string of the molecule is COc1ccc(-c2nc3ccccn3c2-c2c(C)[nH][nH]c2=O)cc1OC. The predicted octanol–water partition coefficient (Wildman–Crippen LogP) is 3.01. The lowest BCUT2D eigenvalue weighted by Crippen LogP contribution is -2.04. The second-order valence-corrected chi connectivity index (χ2v) is 5.89. The number of imidazole rings is 1. The minimum atomic E-state index is -0.185. The number of methoxy groups -OCH3 is 2. The number of nitrogens with zero attached hydrogens (tertiary/aromatic N) is 2. The number of rotatable bonds is 4. The fourth-order valence-electron chi connectivity index (χ4n) is 3.15. The maximum Gasteiger partial charge on any atom is 0.273 e. The van der Waals surface area contributed by atoms with Crippen LogP contribution in [0.2, 0.25) is 0 Å². The fourth-order valence-corrected chi connectivity index (χ4v) is 3.15. The van der Waals surface area contributed by atoms with Crippen molar-refractivity contribution in [3.05, 3.63) is 58.6 Å². The molecule has 3 heterocycles. The van der Waals surface area contributed by atoms with Crippen LogP contribution < -0.4 is 15.0 Å². The van der Waals surface area contributed by atoms with Crippen molar-refractivity contribution in [2.75, 3.05) is 14.2 Å². The van der Waals surface area contributed by atoms with Gasteiger partial charge in [-0.25, -0.2) is 4.98 Å². The van der Waals surface area contributed by atoms with Crippen LogP contribution in [0.5, 0.6) is 11.5 Å². The van der Waals surface area contributed by atoms with Gasteiger partial charge in [0, 0.05) is 17.5 Å². The van der Waals surface area contributed by atoms with Crippen molar-refractivity contribution in [1.29, 1.82) is 0 Å². The quantitative estimate of drug-likeness (QED) is 0.592. The third kappa shape index (κ3) is 2.36. The van der Waals surface area contributed by atoms with Crippen LogP contribution >= 0.6 is 0 Å². The Morgan fingerprint density at radius 1 is 1.04 bits per heavy atom. The number of aromatic nitrogens is 4. The zero-order chi connectivity index (χ0) is 18.3. The molecule has 0 aliphatic heterocycles. The molecule has 0 spiro atoms. The largest absolute Gasteiger partial charge is 0.493 e. The lowest BCUT2D eigenvalue weighted by atomic mass is 10.0. The van der Waals surface area contributed by atoms with Crippen molar-refractivity contribution in [1.82, 2.24) is 19.6 Å². The van der Waals surface area contributed by atoms with Crippen LogP contribution in [0.15, 0.2) is 47.4 Å². The van der Waals surface area contributed by atoms with E-state index in [0.717, 1.165) is 22.6 Å². The van der Waals surface area contributed by atoms with E-state index in [1.165, 1.54) is 0 Å². The molecular formula is C19H18N4O3. The number of nitrogens with one attached hydrogen (secondary N) is 2. The van der Waals surface area contributed by atoms with Crippen molar-refractivity contribution >= 4 is 5.65 Å². The first-order valence-electron chi connectivity index (χ1n) is 8.11. The van der Waals surface area contributed by atoms with E-state index in [1.54, 1.807) is 14.2 Å². The van der Waals surface area contributed by atoms with Crippen LogP contribution in [-0.2, 0) is 0 Å². The normalized spacial score (nSPS) is 11.0. The lowest BCUT2D eigenvalue weighted by Gasteiger charge is -2.09. The molecule has 2 N–H and O–H groups in total. The second kappa shape index (κ2) is 6.11. The monoisotopic (exact) mass is 350 g/mol.